The van der Waals surface area contributed by atoms with E-state index in [1.807, 2.05) is 50.5 Å². The van der Waals surface area contributed by atoms with Crippen LogP contribution < -0.4 is 10.2 Å². The molecule has 2 aliphatic heterocycles. The van der Waals surface area contributed by atoms with E-state index in [0.717, 1.165) is 17.8 Å². The molecule has 0 unspecified atom stereocenters. The first-order valence-corrected chi connectivity index (χ1v) is 20.8. The molecular weight excluding hydrogens is 719 g/mol. The number of nitrogens with zero attached hydrogens (tertiary/aromatic N) is 2. The van der Waals surface area contributed by atoms with Gasteiger partial charge in [0.15, 0.2) is 5.71 Å². The average molecular weight is 763 g/mol. The molecule has 0 radical (unpaired) electrons. The van der Waals surface area contributed by atoms with Crippen LogP contribution in [0.1, 0.15) is 70.9 Å². The van der Waals surface area contributed by atoms with E-state index >= 15 is 0 Å². The Labute approximate surface area is 300 Å². The molecule has 276 valence electrons. The maximum atomic E-state index is 12.1. The molecule has 2 aromatic carbocycles. The number of hydrogen-bond acceptors (Lipinski definition) is 8. The lowest BCUT2D eigenvalue weighted by atomic mass is 9.81. The van der Waals surface area contributed by atoms with Gasteiger partial charge < -0.3 is 10.2 Å². The highest BCUT2D eigenvalue weighted by Crippen LogP contribution is 2.49. The molecule has 2 aromatic rings. The standard InChI is InChI=1S/C35H43N3O10S3/c1-6-19-36-33(39)14-8-7-9-20-37-29-17-15-25(50(43,44)45)23-27(29)34(2,3)31(37)12-10-13-32-35(4,5)28-24-26(51(46,47)48)16-18-30(28)38(32)21-11-22-49(40,41)42/h1,10,12-13,15-18,23-24H,7-9,11,14,19-22H2,2-5H3,(H3-,36,39,40,41,42,43,44,45,46,47,48)/p+1. The average Bonchev–Trinajstić information content (AvgIpc) is 3.36. The summed E-state index contributed by atoms with van der Waals surface area (Å²) in [5.74, 6) is 1.76. The Morgan fingerprint density at radius 3 is 2.12 bits per heavy atom. The predicted molar refractivity (Wildman–Crippen MR) is 194 cm³/mol. The molecule has 0 spiro atoms. The second-order valence-electron chi connectivity index (χ2n) is 13.6. The summed E-state index contributed by atoms with van der Waals surface area (Å²) in [6, 6.07) is 8.70. The summed E-state index contributed by atoms with van der Waals surface area (Å²) in [6.07, 6.45) is 13.2. The van der Waals surface area contributed by atoms with Crippen LogP contribution in [0.2, 0.25) is 0 Å². The first-order valence-electron chi connectivity index (χ1n) is 16.3. The zero-order valence-corrected chi connectivity index (χ0v) is 31.4. The van der Waals surface area contributed by atoms with Gasteiger partial charge in [-0.3, -0.25) is 18.5 Å². The second-order valence-corrected chi connectivity index (χ2v) is 18.0. The Morgan fingerprint density at radius 1 is 0.882 bits per heavy atom. The van der Waals surface area contributed by atoms with Crippen molar-refractivity contribution < 1.29 is 48.3 Å². The third-order valence-electron chi connectivity index (χ3n) is 9.29. The maximum Gasteiger partial charge on any atom is 0.294 e. The number of anilines is 1. The highest BCUT2D eigenvalue weighted by molar-refractivity contribution is 7.86. The third-order valence-corrected chi connectivity index (χ3v) is 11.8. The van der Waals surface area contributed by atoms with Crippen molar-refractivity contribution in [2.45, 2.75) is 80.4 Å². The van der Waals surface area contributed by atoms with Gasteiger partial charge in [0.1, 0.15) is 6.54 Å². The lowest BCUT2D eigenvalue weighted by molar-refractivity contribution is -0.437. The van der Waals surface area contributed by atoms with Crippen molar-refractivity contribution in [2.24, 2.45) is 0 Å². The molecule has 1 amide bonds. The number of fused-ring (bicyclic) bond motifs is 2. The number of unbranched alkanes of at least 4 members (excludes halogenated alkanes) is 2. The van der Waals surface area contributed by atoms with Gasteiger partial charge in [-0.25, -0.2) is 0 Å². The molecule has 0 atom stereocenters. The second kappa shape index (κ2) is 15.0. The quantitative estimate of drug-likeness (QED) is 0.0870. The van der Waals surface area contributed by atoms with Crippen molar-refractivity contribution in [1.82, 2.24) is 5.32 Å². The molecule has 0 aliphatic carbocycles. The summed E-state index contributed by atoms with van der Waals surface area (Å²) in [5, 5.41) is 2.65. The monoisotopic (exact) mass is 762 g/mol. The number of terminal acetylenes is 1. The predicted octanol–water partition coefficient (Wildman–Crippen LogP) is 4.38. The van der Waals surface area contributed by atoms with Gasteiger partial charge in [-0.2, -0.15) is 29.8 Å². The minimum Gasteiger partial charge on any atom is -0.345 e. The van der Waals surface area contributed by atoms with Crippen molar-refractivity contribution in [3.05, 3.63) is 71.5 Å². The highest BCUT2D eigenvalue weighted by Gasteiger charge is 2.45. The van der Waals surface area contributed by atoms with Gasteiger partial charge in [0.2, 0.25) is 11.6 Å². The minimum absolute atomic E-state index is 0.0740. The lowest BCUT2D eigenvalue weighted by Crippen LogP contribution is -2.29. The van der Waals surface area contributed by atoms with Gasteiger partial charge >= 0.3 is 0 Å². The van der Waals surface area contributed by atoms with Crippen LogP contribution in [0.5, 0.6) is 0 Å². The van der Waals surface area contributed by atoms with Gasteiger partial charge in [0.25, 0.3) is 30.4 Å². The van der Waals surface area contributed by atoms with E-state index in [1.54, 1.807) is 12.1 Å². The van der Waals surface area contributed by atoms with E-state index in [-0.39, 0.29) is 35.2 Å². The first kappa shape index (κ1) is 39.9. The molecule has 0 fully saturated rings. The number of benzene rings is 2. The SMILES string of the molecule is C#CCNC(=O)CCCCCN1/C(=C/C=C/C2=[N+](CCCS(=O)(=O)O)c3ccc(S(=O)(=O)O)cc3C2(C)C)C(C)(C)c2cc(S(=O)(=O)O)ccc21. The number of hydrogen-bond donors (Lipinski definition) is 4. The van der Waals surface area contributed by atoms with Crippen LogP contribution in [-0.4, -0.2) is 80.5 Å². The van der Waals surface area contributed by atoms with Crippen LogP contribution in [0, 0.1) is 12.3 Å². The topological polar surface area (TPSA) is 198 Å². The van der Waals surface area contributed by atoms with E-state index in [9.17, 15) is 43.7 Å². The Balaban J connectivity index is 1.73. The Bertz CT molecular complexity index is 2180. The van der Waals surface area contributed by atoms with Gasteiger partial charge in [0, 0.05) is 53.9 Å². The fourth-order valence-corrected chi connectivity index (χ4v) is 8.23. The van der Waals surface area contributed by atoms with Crippen LogP contribution in [0.3, 0.4) is 0 Å². The van der Waals surface area contributed by atoms with E-state index in [0.29, 0.717) is 48.3 Å². The molecule has 0 bridgehead atoms. The fraction of sp³-hybridized carbons (Fsp3) is 0.429. The largest absolute Gasteiger partial charge is 0.345 e. The molecule has 4 N–H and O–H groups in total. The van der Waals surface area contributed by atoms with Gasteiger partial charge in [-0.1, -0.05) is 32.3 Å². The molecule has 2 heterocycles. The Hall–Kier alpha value is -3.85. The van der Waals surface area contributed by atoms with Crippen molar-refractivity contribution in [2.75, 3.05) is 30.3 Å². The van der Waals surface area contributed by atoms with Crippen LogP contribution in [0.4, 0.5) is 11.4 Å². The van der Waals surface area contributed by atoms with E-state index in [2.05, 4.69) is 16.1 Å². The maximum absolute atomic E-state index is 12.1. The number of nitrogens with one attached hydrogen (secondary N) is 1. The molecule has 16 heteroatoms. The normalized spacial score (nSPS) is 17.5. The van der Waals surface area contributed by atoms with Gasteiger partial charge in [0.05, 0.1) is 27.5 Å². The molecule has 0 saturated carbocycles. The Kier molecular flexibility index (Phi) is 11.8. The summed E-state index contributed by atoms with van der Waals surface area (Å²) >= 11 is 0. The molecule has 2 aliphatic rings. The van der Waals surface area contributed by atoms with E-state index in [1.165, 1.54) is 24.3 Å². The van der Waals surface area contributed by atoms with E-state index in [4.69, 9.17) is 6.42 Å². The smallest absolute Gasteiger partial charge is 0.294 e. The summed E-state index contributed by atoms with van der Waals surface area (Å²) in [6.45, 7) is 8.52. The van der Waals surface area contributed by atoms with Crippen LogP contribution in [0.25, 0.3) is 0 Å². The number of allylic oxidation sites excluding steroid dienone is 4. The van der Waals surface area contributed by atoms with Crippen molar-refractivity contribution in [3.8, 4) is 12.3 Å². The van der Waals surface area contributed by atoms with Gasteiger partial charge in [-0.05, 0) is 68.7 Å². The van der Waals surface area contributed by atoms with E-state index < -0.39 is 46.9 Å². The molecule has 0 aromatic heterocycles. The summed E-state index contributed by atoms with van der Waals surface area (Å²) in [7, 11) is -13.2. The third kappa shape index (κ3) is 9.15. The number of carbonyl (C=O) groups is 1. The minimum atomic E-state index is -4.50. The summed E-state index contributed by atoms with van der Waals surface area (Å²) in [4.78, 5) is 13.6. The zero-order chi connectivity index (χ0) is 38.0. The van der Waals surface area contributed by atoms with Crippen molar-refractivity contribution in [1.29, 1.82) is 0 Å². The van der Waals surface area contributed by atoms with Crippen LogP contribution >= 0.6 is 0 Å². The number of amides is 1. The van der Waals surface area contributed by atoms with Crippen molar-refractivity contribution >= 4 is 53.3 Å². The molecule has 13 nitrogen and oxygen atoms in total. The summed E-state index contributed by atoms with van der Waals surface area (Å²) < 4.78 is 102. The zero-order valence-electron chi connectivity index (χ0n) is 29.0. The Morgan fingerprint density at radius 2 is 1.51 bits per heavy atom. The number of rotatable bonds is 15. The fourth-order valence-electron chi connectivity index (χ4n) is 6.72. The molecular formula is C35H44N3O10S3+. The first-order chi connectivity index (χ1) is 23.6. The number of carbonyl (C=O) groups excluding carboxylic acids is 1. The molecule has 0 saturated heterocycles. The van der Waals surface area contributed by atoms with Crippen molar-refractivity contribution in [3.63, 3.8) is 0 Å². The van der Waals surface area contributed by atoms with Gasteiger partial charge in [-0.15, -0.1) is 6.42 Å². The highest BCUT2D eigenvalue weighted by atomic mass is 32.2. The van der Waals surface area contributed by atoms with Crippen LogP contribution in [-0.2, 0) is 46.0 Å². The molecule has 4 rings (SSSR count). The van der Waals surface area contributed by atoms with Crippen LogP contribution in [0.15, 0.2) is 70.1 Å². The summed E-state index contributed by atoms with van der Waals surface area (Å²) in [5.41, 5.74) is 2.69. The molecule has 51 heavy (non-hydrogen) atoms. The lowest BCUT2D eigenvalue weighted by Gasteiger charge is -2.27.